The van der Waals surface area contributed by atoms with Crippen molar-refractivity contribution < 1.29 is 19.1 Å². The van der Waals surface area contributed by atoms with E-state index in [1.165, 1.54) is 4.90 Å². The fourth-order valence-electron chi connectivity index (χ4n) is 2.78. The smallest absolute Gasteiger partial charge is 0.410 e. The van der Waals surface area contributed by atoms with Crippen molar-refractivity contribution >= 4 is 17.9 Å². The van der Waals surface area contributed by atoms with E-state index in [1.54, 1.807) is 29.2 Å². The minimum atomic E-state index is -0.570. The number of imide groups is 1. The predicted molar refractivity (Wildman–Crippen MR) is 87.8 cm³/mol. The summed E-state index contributed by atoms with van der Waals surface area (Å²) in [7, 11) is 0. The molecule has 24 heavy (non-hydrogen) atoms. The minimum absolute atomic E-state index is 0.148. The molecular weight excluding hydrogens is 308 g/mol. The Labute approximate surface area is 141 Å². The largest absolute Gasteiger partial charge is 0.444 e. The van der Waals surface area contributed by atoms with Crippen LogP contribution < -0.4 is 0 Å². The van der Waals surface area contributed by atoms with Crippen LogP contribution in [0.4, 0.5) is 4.79 Å². The number of carbonyl (C=O) groups is 3. The molecule has 1 aromatic rings. The van der Waals surface area contributed by atoms with Gasteiger partial charge in [0.1, 0.15) is 5.60 Å². The number of fused-ring (bicyclic) bond motifs is 1. The minimum Gasteiger partial charge on any atom is -0.444 e. The highest BCUT2D eigenvalue weighted by molar-refractivity contribution is 6.21. The highest BCUT2D eigenvalue weighted by Crippen LogP contribution is 2.29. The SMILES string of the molecule is CC(C)(C)OC(=O)N(CCN1C(=O)c2ccccc2C1=O)C1CC1. The molecular formula is C18H22N2O4. The van der Waals surface area contributed by atoms with Gasteiger partial charge in [-0.1, -0.05) is 12.1 Å². The third-order valence-corrected chi connectivity index (χ3v) is 4.06. The van der Waals surface area contributed by atoms with E-state index in [0.717, 1.165) is 12.8 Å². The lowest BCUT2D eigenvalue weighted by Gasteiger charge is -2.28. The van der Waals surface area contributed by atoms with Crippen molar-refractivity contribution in [2.24, 2.45) is 0 Å². The summed E-state index contributed by atoms with van der Waals surface area (Å²) in [6.45, 7) is 5.94. The van der Waals surface area contributed by atoms with Gasteiger partial charge in [-0.25, -0.2) is 4.79 Å². The Morgan fingerprint density at radius 3 is 2.17 bits per heavy atom. The number of benzene rings is 1. The van der Waals surface area contributed by atoms with Crippen molar-refractivity contribution in [2.45, 2.75) is 45.3 Å². The molecule has 1 saturated carbocycles. The molecule has 2 aliphatic rings. The summed E-state index contributed by atoms with van der Waals surface area (Å²) < 4.78 is 5.43. The lowest BCUT2D eigenvalue weighted by atomic mass is 10.1. The maximum Gasteiger partial charge on any atom is 0.410 e. The molecule has 1 aliphatic carbocycles. The summed E-state index contributed by atoms with van der Waals surface area (Å²) in [5, 5.41) is 0. The first-order valence-corrected chi connectivity index (χ1v) is 8.23. The highest BCUT2D eigenvalue weighted by atomic mass is 16.6. The van der Waals surface area contributed by atoms with Crippen molar-refractivity contribution in [3.63, 3.8) is 0 Å². The van der Waals surface area contributed by atoms with E-state index in [-0.39, 0.29) is 30.5 Å². The molecule has 6 nitrogen and oxygen atoms in total. The van der Waals surface area contributed by atoms with Crippen LogP contribution >= 0.6 is 0 Å². The molecule has 0 aromatic heterocycles. The molecule has 1 heterocycles. The number of nitrogens with zero attached hydrogens (tertiary/aromatic N) is 2. The van der Waals surface area contributed by atoms with E-state index in [9.17, 15) is 14.4 Å². The lowest BCUT2D eigenvalue weighted by molar-refractivity contribution is 0.0210. The van der Waals surface area contributed by atoms with Gasteiger partial charge in [0.25, 0.3) is 11.8 Å². The van der Waals surface area contributed by atoms with E-state index in [0.29, 0.717) is 17.7 Å². The van der Waals surface area contributed by atoms with Crippen LogP contribution in [-0.4, -0.2) is 52.4 Å². The van der Waals surface area contributed by atoms with Crippen LogP contribution in [0.1, 0.15) is 54.3 Å². The molecule has 0 unspecified atom stereocenters. The van der Waals surface area contributed by atoms with Crippen molar-refractivity contribution in [1.82, 2.24) is 9.80 Å². The summed E-state index contributed by atoms with van der Waals surface area (Å²) in [6, 6.07) is 6.94. The van der Waals surface area contributed by atoms with Crippen molar-refractivity contribution in [2.75, 3.05) is 13.1 Å². The van der Waals surface area contributed by atoms with Gasteiger partial charge in [0.2, 0.25) is 0 Å². The molecule has 3 rings (SSSR count). The fourth-order valence-corrected chi connectivity index (χ4v) is 2.78. The number of amides is 3. The van der Waals surface area contributed by atoms with Crippen LogP contribution in [0.25, 0.3) is 0 Å². The van der Waals surface area contributed by atoms with E-state index in [1.807, 2.05) is 20.8 Å². The average molecular weight is 330 g/mol. The number of hydrogen-bond donors (Lipinski definition) is 0. The standard InChI is InChI=1S/C18H22N2O4/c1-18(2,3)24-17(23)19(12-8-9-12)10-11-20-15(21)13-6-4-5-7-14(13)16(20)22/h4-7,12H,8-11H2,1-3H3. The van der Waals surface area contributed by atoms with Crippen molar-refractivity contribution in [3.8, 4) is 0 Å². The molecule has 0 saturated heterocycles. The molecule has 1 aromatic carbocycles. The maximum atomic E-state index is 12.4. The number of carbonyl (C=O) groups excluding carboxylic acids is 3. The Bertz CT molecular complexity index is 654. The first-order chi connectivity index (χ1) is 11.3. The van der Waals surface area contributed by atoms with Crippen molar-refractivity contribution in [1.29, 1.82) is 0 Å². The second kappa shape index (κ2) is 5.92. The zero-order valence-corrected chi connectivity index (χ0v) is 14.2. The molecule has 0 spiro atoms. The third kappa shape index (κ3) is 3.27. The summed E-state index contributed by atoms with van der Waals surface area (Å²) in [5.74, 6) is -0.592. The summed E-state index contributed by atoms with van der Waals surface area (Å²) in [4.78, 5) is 39.9. The van der Waals surface area contributed by atoms with Crippen LogP contribution in [0.3, 0.4) is 0 Å². The van der Waals surface area contributed by atoms with Crippen LogP contribution in [0.5, 0.6) is 0 Å². The van der Waals surface area contributed by atoms with Gasteiger partial charge in [-0.3, -0.25) is 14.5 Å². The Morgan fingerprint density at radius 1 is 1.17 bits per heavy atom. The van der Waals surface area contributed by atoms with Gasteiger partial charge < -0.3 is 9.64 Å². The van der Waals surface area contributed by atoms with Gasteiger partial charge in [-0.05, 0) is 45.7 Å². The second-order valence-corrected chi connectivity index (χ2v) is 7.21. The lowest BCUT2D eigenvalue weighted by Crippen LogP contribution is -2.44. The summed E-state index contributed by atoms with van der Waals surface area (Å²) >= 11 is 0. The Morgan fingerprint density at radius 2 is 1.71 bits per heavy atom. The molecule has 1 aliphatic heterocycles. The van der Waals surface area contributed by atoms with E-state index in [4.69, 9.17) is 4.74 Å². The molecule has 0 bridgehead atoms. The quantitative estimate of drug-likeness (QED) is 0.796. The Balaban J connectivity index is 1.67. The van der Waals surface area contributed by atoms with Gasteiger partial charge in [-0.15, -0.1) is 0 Å². The third-order valence-electron chi connectivity index (χ3n) is 4.06. The van der Waals surface area contributed by atoms with Gasteiger partial charge in [0.05, 0.1) is 11.1 Å². The Hall–Kier alpha value is -2.37. The van der Waals surface area contributed by atoms with Gasteiger partial charge in [0, 0.05) is 19.1 Å². The first kappa shape index (κ1) is 16.5. The predicted octanol–water partition coefficient (Wildman–Crippen LogP) is 2.68. The van der Waals surface area contributed by atoms with Crippen LogP contribution in [0.2, 0.25) is 0 Å². The second-order valence-electron chi connectivity index (χ2n) is 7.21. The summed E-state index contributed by atoms with van der Waals surface area (Å²) in [5.41, 5.74) is 0.287. The van der Waals surface area contributed by atoms with E-state index < -0.39 is 5.60 Å². The first-order valence-electron chi connectivity index (χ1n) is 8.23. The van der Waals surface area contributed by atoms with Crippen LogP contribution in [0.15, 0.2) is 24.3 Å². The zero-order valence-electron chi connectivity index (χ0n) is 14.2. The van der Waals surface area contributed by atoms with Gasteiger partial charge >= 0.3 is 6.09 Å². The molecule has 0 N–H and O–H groups in total. The van der Waals surface area contributed by atoms with Crippen molar-refractivity contribution in [3.05, 3.63) is 35.4 Å². The van der Waals surface area contributed by atoms with Crippen LogP contribution in [0, 0.1) is 0 Å². The molecule has 1 fully saturated rings. The molecule has 128 valence electrons. The number of ether oxygens (including phenoxy) is 1. The highest BCUT2D eigenvalue weighted by Gasteiger charge is 2.38. The van der Waals surface area contributed by atoms with Gasteiger partial charge in [-0.2, -0.15) is 0 Å². The monoisotopic (exact) mass is 330 g/mol. The normalized spacial score (nSPS) is 17.0. The van der Waals surface area contributed by atoms with E-state index >= 15 is 0 Å². The molecule has 3 amide bonds. The zero-order chi connectivity index (χ0) is 17.5. The molecule has 0 atom stereocenters. The van der Waals surface area contributed by atoms with Gasteiger partial charge in [0.15, 0.2) is 0 Å². The molecule has 0 radical (unpaired) electrons. The summed E-state index contributed by atoms with van der Waals surface area (Å²) in [6.07, 6.45) is 1.48. The molecule has 6 heteroatoms. The topological polar surface area (TPSA) is 66.9 Å². The van der Waals surface area contributed by atoms with Crippen LogP contribution in [-0.2, 0) is 4.74 Å². The Kier molecular flexibility index (Phi) is 4.07. The fraction of sp³-hybridized carbons (Fsp3) is 0.500. The maximum absolute atomic E-state index is 12.4. The average Bonchev–Trinajstić information content (AvgIpc) is 3.29. The number of rotatable bonds is 4. The van der Waals surface area contributed by atoms with E-state index in [2.05, 4.69) is 0 Å². The number of hydrogen-bond acceptors (Lipinski definition) is 4.